The van der Waals surface area contributed by atoms with Gasteiger partial charge in [-0.05, 0) is 41.5 Å². The zero-order chi connectivity index (χ0) is 20.4. The molecule has 9 heteroatoms. The number of hydrogen-bond acceptors (Lipinski definition) is 8. The van der Waals surface area contributed by atoms with Crippen LogP contribution >= 0.6 is 12.4 Å². The van der Waals surface area contributed by atoms with E-state index in [1.54, 1.807) is 41.5 Å². The number of rotatable bonds is 4. The van der Waals surface area contributed by atoms with E-state index in [2.05, 4.69) is 0 Å². The van der Waals surface area contributed by atoms with E-state index in [4.69, 9.17) is 15.2 Å². The predicted molar refractivity (Wildman–Crippen MR) is 101 cm³/mol. The Kier molecular flexibility index (Phi) is 8.11. The molecule has 0 unspecified atom stereocenters. The highest BCUT2D eigenvalue weighted by atomic mass is 35.5. The van der Waals surface area contributed by atoms with Crippen LogP contribution in [0, 0.1) is 10.8 Å². The van der Waals surface area contributed by atoms with Gasteiger partial charge in [-0.15, -0.1) is 12.4 Å². The van der Waals surface area contributed by atoms with Crippen molar-refractivity contribution in [2.45, 2.75) is 47.6 Å². The van der Waals surface area contributed by atoms with Gasteiger partial charge in [0.1, 0.15) is 5.75 Å². The van der Waals surface area contributed by atoms with E-state index in [0.717, 1.165) is 6.07 Å². The van der Waals surface area contributed by atoms with Crippen LogP contribution in [0.15, 0.2) is 6.07 Å². The van der Waals surface area contributed by atoms with Crippen molar-refractivity contribution in [1.82, 2.24) is 0 Å². The van der Waals surface area contributed by atoms with Gasteiger partial charge >= 0.3 is 11.9 Å². The minimum Gasteiger partial charge on any atom is -0.504 e. The van der Waals surface area contributed by atoms with Crippen molar-refractivity contribution in [3.8, 4) is 23.0 Å². The molecular formula is C18H28ClNO7. The number of carbonyl (C=O) groups excluding carboxylic acids is 2. The predicted octanol–water partition coefficient (Wildman–Crippen LogP) is 2.41. The Morgan fingerprint density at radius 2 is 1.48 bits per heavy atom. The first-order valence-electron chi connectivity index (χ1n) is 8.11. The number of aromatic hydroxyl groups is 2. The number of halogens is 1. The summed E-state index contributed by atoms with van der Waals surface area (Å²) in [6.45, 7) is 9.34. The molecule has 5 N–H and O–H groups in total. The molecule has 0 aromatic heterocycles. The number of phenols is 2. The second-order valence-corrected chi connectivity index (χ2v) is 8.02. The summed E-state index contributed by atoms with van der Waals surface area (Å²) >= 11 is 0. The van der Waals surface area contributed by atoms with Crippen molar-refractivity contribution in [2.24, 2.45) is 16.6 Å². The van der Waals surface area contributed by atoms with Crippen LogP contribution < -0.4 is 15.2 Å². The van der Waals surface area contributed by atoms with Gasteiger partial charge < -0.3 is 30.5 Å². The first kappa shape index (κ1) is 25.0. The Morgan fingerprint density at radius 1 is 1.04 bits per heavy atom. The standard InChI is InChI=1S/C18H27NO7.ClH/c1-17(2,3)15(23)25-11-7-9(20)13(22)14(12(11)10(21)8-19)26-16(24)18(4,5)6;/h7,10,20-22H,8,19H2,1-6H3;1H/t10-;/m1./s1. The minimum atomic E-state index is -1.41. The summed E-state index contributed by atoms with van der Waals surface area (Å²) in [6, 6.07) is 0.960. The van der Waals surface area contributed by atoms with Crippen molar-refractivity contribution >= 4 is 24.3 Å². The zero-order valence-corrected chi connectivity index (χ0v) is 17.1. The summed E-state index contributed by atoms with van der Waals surface area (Å²) in [5.74, 6) is -3.57. The topological polar surface area (TPSA) is 139 Å². The molecule has 0 saturated carbocycles. The van der Waals surface area contributed by atoms with Crippen LogP contribution in [0.4, 0.5) is 0 Å². The molecule has 0 radical (unpaired) electrons. The molecule has 154 valence electrons. The number of carbonyl (C=O) groups is 2. The van der Waals surface area contributed by atoms with Gasteiger partial charge in [-0.1, -0.05) is 0 Å². The Morgan fingerprint density at radius 3 is 1.89 bits per heavy atom. The summed E-state index contributed by atoms with van der Waals surface area (Å²) in [5, 5.41) is 30.3. The fourth-order valence-corrected chi connectivity index (χ4v) is 1.75. The van der Waals surface area contributed by atoms with Crippen LogP contribution in [-0.4, -0.2) is 33.8 Å². The Labute approximate surface area is 164 Å². The smallest absolute Gasteiger partial charge is 0.316 e. The number of ether oxygens (including phenoxy) is 2. The highest BCUT2D eigenvalue weighted by molar-refractivity contribution is 5.85. The van der Waals surface area contributed by atoms with Gasteiger partial charge in [0.25, 0.3) is 0 Å². The number of aliphatic hydroxyl groups is 1. The second-order valence-electron chi connectivity index (χ2n) is 8.02. The van der Waals surface area contributed by atoms with Crippen LogP contribution in [0.3, 0.4) is 0 Å². The minimum absolute atomic E-state index is 0. The average Bonchev–Trinajstić information content (AvgIpc) is 2.49. The lowest BCUT2D eigenvalue weighted by molar-refractivity contribution is -0.143. The molecule has 0 aliphatic rings. The summed E-state index contributed by atoms with van der Waals surface area (Å²) in [5.41, 5.74) is 3.49. The average molecular weight is 406 g/mol. The quantitative estimate of drug-likeness (QED) is 0.340. The first-order chi connectivity index (χ1) is 11.7. The van der Waals surface area contributed by atoms with Gasteiger partial charge in [0, 0.05) is 12.6 Å². The highest BCUT2D eigenvalue weighted by Crippen LogP contribution is 2.47. The molecule has 1 atom stereocenters. The summed E-state index contributed by atoms with van der Waals surface area (Å²) in [4.78, 5) is 24.4. The van der Waals surface area contributed by atoms with E-state index < -0.39 is 46.1 Å². The maximum absolute atomic E-state index is 12.2. The van der Waals surface area contributed by atoms with E-state index in [1.807, 2.05) is 0 Å². The third-order valence-corrected chi connectivity index (χ3v) is 3.41. The van der Waals surface area contributed by atoms with Gasteiger partial charge in [-0.2, -0.15) is 0 Å². The molecule has 0 spiro atoms. The highest BCUT2D eigenvalue weighted by Gasteiger charge is 2.33. The molecule has 1 aromatic carbocycles. The lowest BCUT2D eigenvalue weighted by Crippen LogP contribution is -2.28. The first-order valence-corrected chi connectivity index (χ1v) is 8.11. The van der Waals surface area contributed by atoms with E-state index in [0.29, 0.717) is 0 Å². The van der Waals surface area contributed by atoms with E-state index in [-0.39, 0.29) is 30.3 Å². The molecule has 0 aliphatic carbocycles. The Hall–Kier alpha value is -2.03. The van der Waals surface area contributed by atoms with E-state index >= 15 is 0 Å². The fourth-order valence-electron chi connectivity index (χ4n) is 1.75. The van der Waals surface area contributed by atoms with Crippen LogP contribution in [0.25, 0.3) is 0 Å². The van der Waals surface area contributed by atoms with Gasteiger partial charge in [0.05, 0.1) is 22.5 Å². The van der Waals surface area contributed by atoms with Crippen LogP contribution in [-0.2, 0) is 9.59 Å². The van der Waals surface area contributed by atoms with Crippen LogP contribution in [0.5, 0.6) is 23.0 Å². The molecule has 0 saturated heterocycles. The Balaban J connectivity index is 0.00000676. The van der Waals surface area contributed by atoms with Gasteiger partial charge in [-0.3, -0.25) is 9.59 Å². The number of esters is 2. The molecule has 1 rings (SSSR count). The molecule has 8 nitrogen and oxygen atoms in total. The molecule has 1 aromatic rings. The third kappa shape index (κ3) is 5.98. The molecule has 0 fully saturated rings. The van der Waals surface area contributed by atoms with E-state index in [9.17, 15) is 24.9 Å². The second kappa shape index (κ2) is 8.77. The largest absolute Gasteiger partial charge is 0.504 e. The van der Waals surface area contributed by atoms with Crippen LogP contribution in [0.2, 0.25) is 0 Å². The van der Waals surface area contributed by atoms with Gasteiger partial charge in [0.2, 0.25) is 5.75 Å². The van der Waals surface area contributed by atoms with Gasteiger partial charge in [0.15, 0.2) is 11.5 Å². The number of aliphatic hydroxyl groups excluding tert-OH is 1. The fraction of sp³-hybridized carbons (Fsp3) is 0.556. The molecule has 27 heavy (non-hydrogen) atoms. The number of phenolic OH excluding ortho intramolecular Hbond substituents is 2. The molecule has 0 aliphatic heterocycles. The number of hydrogen-bond donors (Lipinski definition) is 4. The van der Waals surface area contributed by atoms with Gasteiger partial charge in [-0.25, -0.2) is 0 Å². The maximum Gasteiger partial charge on any atom is 0.316 e. The van der Waals surface area contributed by atoms with Crippen molar-refractivity contribution in [3.63, 3.8) is 0 Å². The summed E-state index contributed by atoms with van der Waals surface area (Å²) in [7, 11) is 0. The maximum atomic E-state index is 12.2. The molecule has 0 heterocycles. The lowest BCUT2D eigenvalue weighted by Gasteiger charge is -2.24. The van der Waals surface area contributed by atoms with Crippen LogP contribution in [0.1, 0.15) is 53.2 Å². The van der Waals surface area contributed by atoms with Crippen molar-refractivity contribution in [1.29, 1.82) is 0 Å². The lowest BCUT2D eigenvalue weighted by atomic mass is 9.96. The zero-order valence-electron chi connectivity index (χ0n) is 16.3. The third-order valence-electron chi connectivity index (χ3n) is 3.41. The number of nitrogens with two attached hydrogens (primary N) is 1. The van der Waals surface area contributed by atoms with Crippen molar-refractivity contribution < 1.29 is 34.4 Å². The molecular weight excluding hydrogens is 378 g/mol. The summed E-state index contributed by atoms with van der Waals surface area (Å²) < 4.78 is 10.5. The number of benzene rings is 1. The SMILES string of the molecule is CC(C)(C)C(=O)Oc1cc(O)c(O)c(OC(=O)C(C)(C)C)c1[C@H](O)CN.Cl. The summed E-state index contributed by atoms with van der Waals surface area (Å²) in [6.07, 6.45) is -1.41. The Bertz CT molecular complexity index is 705. The normalized spacial score (nSPS) is 12.7. The van der Waals surface area contributed by atoms with E-state index in [1.165, 1.54) is 0 Å². The molecule has 0 amide bonds. The monoisotopic (exact) mass is 405 g/mol. The van der Waals surface area contributed by atoms with Crippen molar-refractivity contribution in [2.75, 3.05) is 6.54 Å². The van der Waals surface area contributed by atoms with Crippen molar-refractivity contribution in [3.05, 3.63) is 11.6 Å². The molecule has 0 bridgehead atoms.